The second kappa shape index (κ2) is 7.03. The first-order valence-electron chi connectivity index (χ1n) is 7.10. The number of hydrogen-bond acceptors (Lipinski definition) is 4. The van der Waals surface area contributed by atoms with E-state index in [0.29, 0.717) is 11.5 Å². The zero-order valence-electron chi connectivity index (χ0n) is 12.0. The molecule has 0 aromatic carbocycles. The SMILES string of the molecule is CC1CCCCC1NS(=O)(=O)c1cncc(C#CCO)c1. The van der Waals surface area contributed by atoms with Gasteiger partial charge in [0.05, 0.1) is 0 Å². The number of rotatable bonds is 3. The lowest BCUT2D eigenvalue weighted by atomic mass is 9.87. The molecule has 0 spiro atoms. The van der Waals surface area contributed by atoms with Crippen molar-refractivity contribution in [3.8, 4) is 11.8 Å². The Kier molecular flexibility index (Phi) is 5.34. The lowest BCUT2D eigenvalue weighted by Crippen LogP contribution is -2.41. The van der Waals surface area contributed by atoms with E-state index >= 15 is 0 Å². The number of hydrogen-bond donors (Lipinski definition) is 2. The van der Waals surface area contributed by atoms with Crippen LogP contribution in [-0.4, -0.2) is 31.2 Å². The Balaban J connectivity index is 2.19. The summed E-state index contributed by atoms with van der Waals surface area (Å²) in [5, 5.41) is 8.68. The van der Waals surface area contributed by atoms with E-state index < -0.39 is 10.0 Å². The van der Waals surface area contributed by atoms with Crippen LogP contribution in [0.5, 0.6) is 0 Å². The molecule has 2 unspecified atom stereocenters. The van der Waals surface area contributed by atoms with Crippen LogP contribution >= 0.6 is 0 Å². The maximum atomic E-state index is 12.4. The van der Waals surface area contributed by atoms with E-state index in [1.807, 2.05) is 0 Å². The molecule has 1 aromatic heterocycles. The highest BCUT2D eigenvalue weighted by Crippen LogP contribution is 2.25. The molecular weight excluding hydrogens is 288 g/mol. The van der Waals surface area contributed by atoms with Crippen molar-refractivity contribution in [3.63, 3.8) is 0 Å². The van der Waals surface area contributed by atoms with Crippen LogP contribution in [0, 0.1) is 17.8 Å². The number of nitrogens with zero attached hydrogens (tertiary/aromatic N) is 1. The minimum Gasteiger partial charge on any atom is -0.384 e. The molecule has 21 heavy (non-hydrogen) atoms. The zero-order valence-corrected chi connectivity index (χ0v) is 12.9. The van der Waals surface area contributed by atoms with Crippen LogP contribution in [0.15, 0.2) is 23.4 Å². The standard InChI is InChI=1S/C15H20N2O3S/c1-12-5-2-3-7-15(12)17-21(19,20)14-9-13(6-4-8-18)10-16-11-14/h9-12,15,17-18H,2-3,5,7-8H2,1H3. The van der Waals surface area contributed by atoms with Crippen molar-refractivity contribution in [3.05, 3.63) is 24.0 Å². The van der Waals surface area contributed by atoms with Gasteiger partial charge >= 0.3 is 0 Å². The first-order valence-corrected chi connectivity index (χ1v) is 8.58. The van der Waals surface area contributed by atoms with Crippen LogP contribution in [0.2, 0.25) is 0 Å². The second-order valence-electron chi connectivity index (χ2n) is 5.36. The molecule has 1 aromatic rings. The van der Waals surface area contributed by atoms with Gasteiger partial charge in [0.15, 0.2) is 0 Å². The smallest absolute Gasteiger partial charge is 0.242 e. The maximum Gasteiger partial charge on any atom is 0.242 e. The van der Waals surface area contributed by atoms with E-state index in [9.17, 15) is 8.42 Å². The highest BCUT2D eigenvalue weighted by Gasteiger charge is 2.26. The molecule has 2 atom stereocenters. The molecular formula is C15H20N2O3S. The molecule has 0 saturated heterocycles. The molecule has 0 radical (unpaired) electrons. The van der Waals surface area contributed by atoms with Gasteiger partial charge in [0, 0.05) is 24.0 Å². The van der Waals surface area contributed by atoms with Gasteiger partial charge in [-0.1, -0.05) is 31.6 Å². The van der Waals surface area contributed by atoms with Gasteiger partial charge in [0.1, 0.15) is 11.5 Å². The van der Waals surface area contributed by atoms with E-state index in [2.05, 4.69) is 28.5 Å². The number of sulfonamides is 1. The molecule has 1 saturated carbocycles. The van der Waals surface area contributed by atoms with Gasteiger partial charge in [-0.3, -0.25) is 4.98 Å². The van der Waals surface area contributed by atoms with Crippen molar-refractivity contribution in [1.29, 1.82) is 0 Å². The molecule has 5 nitrogen and oxygen atoms in total. The van der Waals surface area contributed by atoms with Gasteiger partial charge in [-0.15, -0.1) is 0 Å². The number of aliphatic hydroxyl groups is 1. The monoisotopic (exact) mass is 308 g/mol. The Morgan fingerprint density at radius 2 is 2.14 bits per heavy atom. The summed E-state index contributed by atoms with van der Waals surface area (Å²) in [7, 11) is -3.58. The normalized spacial score (nSPS) is 22.4. The predicted molar refractivity (Wildman–Crippen MR) is 79.9 cm³/mol. The van der Waals surface area contributed by atoms with Crippen molar-refractivity contribution in [2.24, 2.45) is 5.92 Å². The summed E-state index contributed by atoms with van der Waals surface area (Å²) < 4.78 is 27.6. The zero-order chi connectivity index (χ0) is 15.3. The Hall–Kier alpha value is -1.42. The van der Waals surface area contributed by atoms with Crippen LogP contribution < -0.4 is 4.72 Å². The molecule has 1 aliphatic carbocycles. The van der Waals surface area contributed by atoms with Crippen molar-refractivity contribution in [1.82, 2.24) is 9.71 Å². The van der Waals surface area contributed by atoms with E-state index in [1.165, 1.54) is 18.5 Å². The van der Waals surface area contributed by atoms with Crippen LogP contribution in [0.4, 0.5) is 0 Å². The summed E-state index contributed by atoms with van der Waals surface area (Å²) in [6, 6.07) is 1.46. The van der Waals surface area contributed by atoms with E-state index in [1.54, 1.807) is 0 Å². The molecule has 114 valence electrons. The van der Waals surface area contributed by atoms with E-state index in [-0.39, 0.29) is 17.5 Å². The minimum absolute atomic E-state index is 0.0177. The molecule has 1 fully saturated rings. The third-order valence-corrected chi connectivity index (χ3v) is 5.21. The molecule has 0 aliphatic heterocycles. The Labute approximate surface area is 125 Å². The van der Waals surface area contributed by atoms with Crippen LogP contribution in [0.25, 0.3) is 0 Å². The quantitative estimate of drug-likeness (QED) is 0.825. The highest BCUT2D eigenvalue weighted by atomic mass is 32.2. The molecule has 0 amide bonds. The molecule has 0 bridgehead atoms. The topological polar surface area (TPSA) is 79.3 Å². The van der Waals surface area contributed by atoms with Gasteiger partial charge in [-0.05, 0) is 24.8 Å². The summed E-state index contributed by atoms with van der Waals surface area (Å²) in [4.78, 5) is 4.03. The van der Waals surface area contributed by atoms with Crippen molar-refractivity contribution in [2.45, 2.75) is 43.5 Å². The lowest BCUT2D eigenvalue weighted by Gasteiger charge is -2.29. The number of nitrogens with one attached hydrogen (secondary N) is 1. The van der Waals surface area contributed by atoms with Crippen LogP contribution in [0.1, 0.15) is 38.2 Å². The summed E-state index contributed by atoms with van der Waals surface area (Å²) in [6.07, 6.45) is 6.93. The van der Waals surface area contributed by atoms with Gasteiger partial charge in [0.25, 0.3) is 0 Å². The molecule has 2 N–H and O–H groups in total. The fourth-order valence-electron chi connectivity index (χ4n) is 2.53. The summed E-state index contributed by atoms with van der Waals surface area (Å²) >= 11 is 0. The summed E-state index contributed by atoms with van der Waals surface area (Å²) in [5.74, 6) is 5.49. The van der Waals surface area contributed by atoms with Gasteiger partial charge < -0.3 is 5.11 Å². The summed E-state index contributed by atoms with van der Waals surface area (Å²) in [5.41, 5.74) is 0.476. The first kappa shape index (κ1) is 16.0. The fraction of sp³-hybridized carbons (Fsp3) is 0.533. The third-order valence-electron chi connectivity index (χ3n) is 3.75. The van der Waals surface area contributed by atoms with E-state index in [4.69, 9.17) is 5.11 Å². The summed E-state index contributed by atoms with van der Waals surface area (Å²) in [6.45, 7) is 1.81. The van der Waals surface area contributed by atoms with Crippen molar-refractivity contribution < 1.29 is 13.5 Å². The Bertz CT molecular complexity index is 646. The molecule has 1 aliphatic rings. The highest BCUT2D eigenvalue weighted by molar-refractivity contribution is 7.89. The second-order valence-corrected chi connectivity index (χ2v) is 7.07. The number of pyridine rings is 1. The number of aliphatic hydroxyl groups excluding tert-OH is 1. The molecule has 1 heterocycles. The van der Waals surface area contributed by atoms with Crippen LogP contribution in [-0.2, 0) is 10.0 Å². The fourth-order valence-corrected chi connectivity index (χ4v) is 3.90. The third kappa shape index (κ3) is 4.27. The van der Waals surface area contributed by atoms with Crippen molar-refractivity contribution >= 4 is 10.0 Å². The minimum atomic E-state index is -3.58. The first-order chi connectivity index (χ1) is 10.0. The predicted octanol–water partition coefficient (Wildman–Crippen LogP) is 1.28. The van der Waals surface area contributed by atoms with Crippen molar-refractivity contribution in [2.75, 3.05) is 6.61 Å². The molecule has 2 rings (SSSR count). The average molecular weight is 308 g/mol. The van der Waals surface area contributed by atoms with Crippen LogP contribution in [0.3, 0.4) is 0 Å². The number of aromatic nitrogens is 1. The Morgan fingerprint density at radius 1 is 1.38 bits per heavy atom. The van der Waals surface area contributed by atoms with E-state index in [0.717, 1.165) is 25.7 Å². The Morgan fingerprint density at radius 3 is 2.86 bits per heavy atom. The lowest BCUT2D eigenvalue weighted by molar-refractivity contribution is 0.310. The van der Waals surface area contributed by atoms with Gasteiger partial charge in [0.2, 0.25) is 10.0 Å². The average Bonchev–Trinajstić information content (AvgIpc) is 2.48. The largest absolute Gasteiger partial charge is 0.384 e. The van der Waals surface area contributed by atoms with Gasteiger partial charge in [-0.2, -0.15) is 0 Å². The molecule has 6 heteroatoms. The maximum absolute atomic E-state index is 12.4. The van der Waals surface area contributed by atoms with Gasteiger partial charge in [-0.25, -0.2) is 13.1 Å².